The Bertz CT molecular complexity index is 933. The second-order valence-electron chi connectivity index (χ2n) is 8.40. The van der Waals surface area contributed by atoms with Crippen molar-refractivity contribution in [3.05, 3.63) is 59.2 Å². The minimum absolute atomic E-state index is 0.0121. The fourth-order valence-electron chi connectivity index (χ4n) is 2.95. The van der Waals surface area contributed by atoms with Crippen LogP contribution in [0.5, 0.6) is 0 Å². The predicted molar refractivity (Wildman–Crippen MR) is 116 cm³/mol. The Morgan fingerprint density at radius 3 is 2.44 bits per heavy atom. The summed E-state index contributed by atoms with van der Waals surface area (Å²) in [5, 5.41) is 3.63. The molecule has 0 unspecified atom stereocenters. The molecule has 1 amide bonds. The molecule has 0 saturated carbocycles. The van der Waals surface area contributed by atoms with Gasteiger partial charge in [-0.15, -0.1) is 0 Å². The molecule has 27 heavy (non-hydrogen) atoms. The third-order valence-corrected chi connectivity index (χ3v) is 5.72. The smallest absolute Gasteiger partial charge is 0.226 e. The molecule has 3 aromatic rings. The van der Waals surface area contributed by atoms with Crippen LogP contribution in [0, 0.1) is 0 Å². The Kier molecular flexibility index (Phi) is 5.66. The van der Waals surface area contributed by atoms with Crippen molar-refractivity contribution in [3.8, 4) is 0 Å². The van der Waals surface area contributed by atoms with Crippen LogP contribution in [0.15, 0.2) is 42.5 Å². The molecule has 0 aliphatic carbocycles. The number of aryl methyl sites for hydroxylation is 1. The molecule has 1 heterocycles. The maximum atomic E-state index is 12.3. The van der Waals surface area contributed by atoms with Crippen molar-refractivity contribution in [2.75, 3.05) is 5.32 Å². The average molecular weight is 381 g/mol. The van der Waals surface area contributed by atoms with Crippen LogP contribution in [0.25, 0.3) is 10.2 Å². The van der Waals surface area contributed by atoms with Crippen molar-refractivity contribution in [3.63, 3.8) is 0 Å². The van der Waals surface area contributed by atoms with E-state index < -0.39 is 0 Å². The lowest BCUT2D eigenvalue weighted by molar-refractivity contribution is -0.116. The molecule has 0 radical (unpaired) electrons. The number of hydrogen-bond donors (Lipinski definition) is 1. The van der Waals surface area contributed by atoms with Gasteiger partial charge in [-0.1, -0.05) is 76.3 Å². The summed E-state index contributed by atoms with van der Waals surface area (Å²) in [5.74, 6) is 0.540. The SMILES string of the molecule is CC(C)c1ccc(CCC(=O)Nc2nc3ccc(C(C)(C)C)cc3s2)cc1. The van der Waals surface area contributed by atoms with Crippen molar-refractivity contribution in [2.45, 2.75) is 58.8 Å². The van der Waals surface area contributed by atoms with Gasteiger partial charge >= 0.3 is 0 Å². The molecule has 0 saturated heterocycles. The van der Waals surface area contributed by atoms with Crippen molar-refractivity contribution in [1.82, 2.24) is 4.98 Å². The van der Waals surface area contributed by atoms with E-state index in [9.17, 15) is 4.79 Å². The first-order valence-electron chi connectivity index (χ1n) is 9.52. The van der Waals surface area contributed by atoms with Gasteiger partial charge in [0, 0.05) is 6.42 Å². The molecule has 0 fully saturated rings. The number of anilines is 1. The largest absolute Gasteiger partial charge is 0.302 e. The van der Waals surface area contributed by atoms with E-state index in [-0.39, 0.29) is 11.3 Å². The van der Waals surface area contributed by atoms with Gasteiger partial charge in [-0.25, -0.2) is 4.98 Å². The highest BCUT2D eigenvalue weighted by Gasteiger charge is 2.15. The number of hydrogen-bond acceptors (Lipinski definition) is 3. The molecule has 142 valence electrons. The Morgan fingerprint density at radius 2 is 1.81 bits per heavy atom. The quantitative estimate of drug-likeness (QED) is 0.565. The molecule has 0 bridgehead atoms. The Labute approximate surface area is 165 Å². The van der Waals surface area contributed by atoms with E-state index in [1.807, 2.05) is 6.07 Å². The highest BCUT2D eigenvalue weighted by molar-refractivity contribution is 7.22. The average Bonchev–Trinajstić information content (AvgIpc) is 3.00. The fourth-order valence-corrected chi connectivity index (χ4v) is 3.87. The van der Waals surface area contributed by atoms with Crippen molar-refractivity contribution >= 4 is 32.6 Å². The molecule has 1 N–H and O–H groups in total. The van der Waals surface area contributed by atoms with E-state index in [4.69, 9.17) is 0 Å². The molecule has 0 aliphatic heterocycles. The van der Waals surface area contributed by atoms with Crippen molar-refractivity contribution < 1.29 is 4.79 Å². The maximum Gasteiger partial charge on any atom is 0.226 e. The third kappa shape index (κ3) is 4.95. The van der Waals surface area contributed by atoms with Gasteiger partial charge in [0.2, 0.25) is 5.91 Å². The van der Waals surface area contributed by atoms with E-state index in [0.717, 1.165) is 16.6 Å². The van der Waals surface area contributed by atoms with Gasteiger partial charge in [-0.2, -0.15) is 0 Å². The fraction of sp³-hybridized carbons (Fsp3) is 0.391. The van der Waals surface area contributed by atoms with E-state index in [0.29, 0.717) is 17.5 Å². The lowest BCUT2D eigenvalue weighted by atomic mass is 9.87. The maximum absolute atomic E-state index is 12.3. The number of carbonyl (C=O) groups excluding carboxylic acids is 1. The number of carbonyl (C=O) groups is 1. The molecule has 3 nitrogen and oxygen atoms in total. The molecule has 3 rings (SSSR count). The Morgan fingerprint density at radius 1 is 1.11 bits per heavy atom. The van der Waals surface area contributed by atoms with Crippen molar-refractivity contribution in [2.24, 2.45) is 0 Å². The normalized spacial score (nSPS) is 11.9. The monoisotopic (exact) mass is 380 g/mol. The summed E-state index contributed by atoms with van der Waals surface area (Å²) in [5.41, 5.74) is 4.84. The molecule has 1 aromatic heterocycles. The van der Waals surface area contributed by atoms with Gasteiger partial charge in [0.1, 0.15) is 0 Å². The van der Waals surface area contributed by atoms with Gasteiger partial charge in [-0.3, -0.25) is 4.79 Å². The van der Waals surface area contributed by atoms with E-state index >= 15 is 0 Å². The number of nitrogens with one attached hydrogen (secondary N) is 1. The second kappa shape index (κ2) is 7.81. The number of thiazole rings is 1. The first-order valence-corrected chi connectivity index (χ1v) is 10.3. The molecule has 0 spiro atoms. The van der Waals surface area contributed by atoms with Crippen LogP contribution < -0.4 is 5.32 Å². The predicted octanol–water partition coefficient (Wildman–Crippen LogP) is 6.29. The standard InChI is InChI=1S/C23H28N2OS/c1-15(2)17-9-6-16(7-10-17)8-13-21(26)25-22-24-19-12-11-18(23(3,4)5)14-20(19)27-22/h6-7,9-12,14-15H,8,13H2,1-5H3,(H,24,25,26). The lowest BCUT2D eigenvalue weighted by Crippen LogP contribution is -2.12. The van der Waals surface area contributed by atoms with Crippen LogP contribution in [0.4, 0.5) is 5.13 Å². The number of amides is 1. The molecular weight excluding hydrogens is 352 g/mol. The van der Waals surface area contributed by atoms with Crippen LogP contribution >= 0.6 is 11.3 Å². The van der Waals surface area contributed by atoms with E-state index in [1.54, 1.807) is 0 Å². The minimum atomic E-state index is 0.0121. The van der Waals surface area contributed by atoms with Crippen LogP contribution in [0.1, 0.15) is 63.6 Å². The number of nitrogens with zero attached hydrogens (tertiary/aromatic N) is 1. The number of benzene rings is 2. The van der Waals surface area contributed by atoms with Crippen molar-refractivity contribution in [1.29, 1.82) is 0 Å². The number of aromatic nitrogens is 1. The molecule has 2 aromatic carbocycles. The van der Waals surface area contributed by atoms with Gasteiger partial charge in [-0.05, 0) is 46.6 Å². The summed E-state index contributed by atoms with van der Waals surface area (Å²) in [6, 6.07) is 14.9. The first kappa shape index (κ1) is 19.6. The molecule has 0 aliphatic rings. The van der Waals surface area contributed by atoms with E-state index in [1.165, 1.54) is 28.0 Å². The summed E-state index contributed by atoms with van der Waals surface area (Å²) < 4.78 is 1.11. The molecule has 0 atom stereocenters. The number of fused-ring (bicyclic) bond motifs is 1. The second-order valence-corrected chi connectivity index (χ2v) is 9.43. The third-order valence-electron chi connectivity index (χ3n) is 4.79. The number of rotatable bonds is 5. The van der Waals surface area contributed by atoms with E-state index in [2.05, 4.69) is 81.3 Å². The molecule has 4 heteroatoms. The lowest BCUT2D eigenvalue weighted by Gasteiger charge is -2.18. The zero-order chi connectivity index (χ0) is 19.6. The van der Waals surface area contributed by atoms with Gasteiger partial charge in [0.05, 0.1) is 10.2 Å². The highest BCUT2D eigenvalue weighted by atomic mass is 32.1. The highest BCUT2D eigenvalue weighted by Crippen LogP contribution is 2.31. The summed E-state index contributed by atoms with van der Waals surface area (Å²) in [7, 11) is 0. The first-order chi connectivity index (χ1) is 12.7. The van der Waals surface area contributed by atoms with Crippen LogP contribution in [0.2, 0.25) is 0 Å². The zero-order valence-corrected chi connectivity index (χ0v) is 17.6. The van der Waals surface area contributed by atoms with Crippen LogP contribution in [-0.2, 0) is 16.6 Å². The summed E-state index contributed by atoms with van der Waals surface area (Å²) in [6.45, 7) is 11.0. The van der Waals surface area contributed by atoms with Gasteiger partial charge < -0.3 is 5.32 Å². The molecular formula is C23H28N2OS. The minimum Gasteiger partial charge on any atom is -0.302 e. The Balaban J connectivity index is 1.62. The van der Waals surface area contributed by atoms with Gasteiger partial charge in [0.15, 0.2) is 5.13 Å². The van der Waals surface area contributed by atoms with Gasteiger partial charge in [0.25, 0.3) is 0 Å². The topological polar surface area (TPSA) is 42.0 Å². The van der Waals surface area contributed by atoms with Crippen LogP contribution in [0.3, 0.4) is 0 Å². The zero-order valence-electron chi connectivity index (χ0n) is 16.8. The Hall–Kier alpha value is -2.20. The summed E-state index contributed by atoms with van der Waals surface area (Å²) >= 11 is 1.54. The van der Waals surface area contributed by atoms with Crippen LogP contribution in [-0.4, -0.2) is 10.9 Å². The summed E-state index contributed by atoms with van der Waals surface area (Å²) in [6.07, 6.45) is 1.20. The summed E-state index contributed by atoms with van der Waals surface area (Å²) in [4.78, 5) is 16.9.